The minimum atomic E-state index is -1.12. The van der Waals surface area contributed by atoms with Crippen molar-refractivity contribution in [2.24, 2.45) is 5.41 Å². The second-order valence-corrected chi connectivity index (χ2v) is 5.39. The molecule has 20 heavy (non-hydrogen) atoms. The highest BCUT2D eigenvalue weighted by Crippen LogP contribution is 2.35. The molecule has 3 heteroatoms. The van der Waals surface area contributed by atoms with E-state index in [0.29, 0.717) is 0 Å². The Morgan fingerprint density at radius 2 is 1.65 bits per heavy atom. The molecule has 0 saturated carbocycles. The number of hydrogen-bond acceptors (Lipinski definition) is 3. The number of carbonyl (C=O) groups excluding carboxylic acids is 3. The molecule has 1 aromatic carbocycles. The number of allylic oxidation sites excluding steroid dienone is 3. The molecule has 0 saturated heterocycles. The summed E-state index contributed by atoms with van der Waals surface area (Å²) in [7, 11) is 0. The van der Waals surface area contributed by atoms with Gasteiger partial charge in [0.15, 0.2) is 17.3 Å². The Morgan fingerprint density at radius 1 is 1.05 bits per heavy atom. The standard InChI is InChI=1S/C17H16O3/c1-11-14(16(20)17(2,3)15(11)19)13(18)10-9-12-7-5-4-6-8-12/h4-10H,1-3H3/b10-9+. The highest BCUT2D eigenvalue weighted by molar-refractivity contribution is 6.39. The van der Waals surface area contributed by atoms with E-state index in [1.54, 1.807) is 26.8 Å². The molecule has 0 aromatic heterocycles. The number of carbonyl (C=O) groups is 3. The van der Waals surface area contributed by atoms with E-state index in [2.05, 4.69) is 0 Å². The lowest BCUT2D eigenvalue weighted by molar-refractivity contribution is -0.132. The van der Waals surface area contributed by atoms with Gasteiger partial charge in [-0.1, -0.05) is 36.4 Å². The van der Waals surface area contributed by atoms with E-state index in [0.717, 1.165) is 5.56 Å². The summed E-state index contributed by atoms with van der Waals surface area (Å²) in [6, 6.07) is 9.32. The van der Waals surface area contributed by atoms with Gasteiger partial charge in [0.1, 0.15) is 0 Å². The topological polar surface area (TPSA) is 51.2 Å². The zero-order valence-corrected chi connectivity index (χ0v) is 11.8. The predicted molar refractivity (Wildman–Crippen MR) is 77.0 cm³/mol. The molecular formula is C17H16O3. The molecule has 0 amide bonds. The van der Waals surface area contributed by atoms with Crippen LogP contribution in [0.3, 0.4) is 0 Å². The van der Waals surface area contributed by atoms with Crippen molar-refractivity contribution in [1.29, 1.82) is 0 Å². The van der Waals surface area contributed by atoms with Gasteiger partial charge in [0.2, 0.25) is 0 Å². The maximum absolute atomic E-state index is 12.2. The second-order valence-electron chi connectivity index (χ2n) is 5.39. The number of hydrogen-bond donors (Lipinski definition) is 0. The molecule has 0 fully saturated rings. The van der Waals surface area contributed by atoms with Gasteiger partial charge < -0.3 is 0 Å². The first-order valence-electron chi connectivity index (χ1n) is 6.43. The number of rotatable bonds is 3. The lowest BCUT2D eigenvalue weighted by atomic mass is 9.86. The van der Waals surface area contributed by atoms with Gasteiger partial charge >= 0.3 is 0 Å². The third-order valence-corrected chi connectivity index (χ3v) is 3.55. The summed E-state index contributed by atoms with van der Waals surface area (Å²) in [6.45, 7) is 4.66. The first-order valence-corrected chi connectivity index (χ1v) is 6.43. The smallest absolute Gasteiger partial charge is 0.189 e. The van der Waals surface area contributed by atoms with Crippen LogP contribution in [0.1, 0.15) is 26.3 Å². The molecule has 0 N–H and O–H groups in total. The molecule has 0 heterocycles. The van der Waals surface area contributed by atoms with Gasteiger partial charge in [0.05, 0.1) is 11.0 Å². The van der Waals surface area contributed by atoms with Gasteiger partial charge in [-0.05, 0) is 32.4 Å². The molecule has 0 radical (unpaired) electrons. The van der Waals surface area contributed by atoms with E-state index in [9.17, 15) is 14.4 Å². The van der Waals surface area contributed by atoms with Crippen LogP contribution in [0.5, 0.6) is 0 Å². The van der Waals surface area contributed by atoms with Crippen LogP contribution in [-0.4, -0.2) is 17.3 Å². The third kappa shape index (κ3) is 2.27. The number of benzene rings is 1. The Balaban J connectivity index is 2.29. The molecular weight excluding hydrogens is 252 g/mol. The van der Waals surface area contributed by atoms with Crippen LogP contribution in [0, 0.1) is 5.41 Å². The fourth-order valence-corrected chi connectivity index (χ4v) is 2.28. The molecule has 0 bridgehead atoms. The van der Waals surface area contributed by atoms with E-state index in [4.69, 9.17) is 0 Å². The molecule has 2 rings (SSSR count). The molecule has 0 unspecified atom stereocenters. The third-order valence-electron chi connectivity index (χ3n) is 3.55. The minimum Gasteiger partial charge on any atom is -0.293 e. The normalized spacial score (nSPS) is 18.1. The molecule has 102 valence electrons. The first kappa shape index (κ1) is 14.1. The molecule has 1 aliphatic carbocycles. The highest BCUT2D eigenvalue weighted by Gasteiger charge is 2.47. The first-order chi connectivity index (χ1) is 9.35. The number of Topliss-reactive ketones (excluding diaryl/α,β-unsaturated/α-hetero) is 2. The molecule has 0 spiro atoms. The van der Waals surface area contributed by atoms with E-state index in [-0.39, 0.29) is 22.7 Å². The Labute approximate surface area is 118 Å². The molecule has 1 aromatic rings. The Morgan fingerprint density at radius 3 is 2.15 bits per heavy atom. The monoisotopic (exact) mass is 268 g/mol. The van der Waals surface area contributed by atoms with Gasteiger partial charge in [-0.15, -0.1) is 0 Å². The predicted octanol–water partition coefficient (Wildman–Crippen LogP) is 2.76. The average Bonchev–Trinajstić information content (AvgIpc) is 2.59. The molecule has 0 atom stereocenters. The van der Waals surface area contributed by atoms with Crippen LogP contribution >= 0.6 is 0 Å². The largest absolute Gasteiger partial charge is 0.293 e. The summed E-state index contributed by atoms with van der Waals surface area (Å²) in [4.78, 5) is 36.3. The van der Waals surface area contributed by atoms with E-state index in [1.165, 1.54) is 6.08 Å². The van der Waals surface area contributed by atoms with Crippen molar-refractivity contribution >= 4 is 23.4 Å². The van der Waals surface area contributed by atoms with Crippen molar-refractivity contribution in [3.63, 3.8) is 0 Å². The van der Waals surface area contributed by atoms with Crippen molar-refractivity contribution in [2.45, 2.75) is 20.8 Å². The van der Waals surface area contributed by atoms with Crippen molar-refractivity contribution in [2.75, 3.05) is 0 Å². The highest BCUT2D eigenvalue weighted by atomic mass is 16.2. The fraction of sp³-hybridized carbons (Fsp3) is 0.235. The zero-order valence-electron chi connectivity index (χ0n) is 11.8. The van der Waals surface area contributed by atoms with Crippen molar-refractivity contribution < 1.29 is 14.4 Å². The Kier molecular flexibility index (Phi) is 3.53. The van der Waals surface area contributed by atoms with Crippen LogP contribution in [0.4, 0.5) is 0 Å². The lowest BCUT2D eigenvalue weighted by Gasteiger charge is -2.13. The van der Waals surface area contributed by atoms with Crippen LogP contribution in [-0.2, 0) is 14.4 Å². The summed E-state index contributed by atoms with van der Waals surface area (Å²) in [5.41, 5.74) is 0.0420. The van der Waals surface area contributed by atoms with E-state index < -0.39 is 11.2 Å². The van der Waals surface area contributed by atoms with Crippen molar-refractivity contribution in [3.05, 3.63) is 53.1 Å². The second kappa shape index (κ2) is 5.00. The summed E-state index contributed by atoms with van der Waals surface area (Å²) < 4.78 is 0. The van der Waals surface area contributed by atoms with Gasteiger partial charge in [-0.25, -0.2) is 0 Å². The summed E-state index contributed by atoms with van der Waals surface area (Å²) >= 11 is 0. The average molecular weight is 268 g/mol. The molecule has 3 nitrogen and oxygen atoms in total. The summed E-state index contributed by atoms with van der Waals surface area (Å²) in [5, 5.41) is 0. The van der Waals surface area contributed by atoms with Gasteiger partial charge in [0, 0.05) is 5.57 Å². The van der Waals surface area contributed by atoms with Crippen LogP contribution in [0.25, 0.3) is 6.08 Å². The van der Waals surface area contributed by atoms with E-state index in [1.807, 2.05) is 30.3 Å². The van der Waals surface area contributed by atoms with Crippen LogP contribution in [0.15, 0.2) is 47.6 Å². The van der Waals surface area contributed by atoms with Crippen molar-refractivity contribution in [1.82, 2.24) is 0 Å². The van der Waals surface area contributed by atoms with Crippen LogP contribution in [0.2, 0.25) is 0 Å². The number of ketones is 3. The fourth-order valence-electron chi connectivity index (χ4n) is 2.28. The van der Waals surface area contributed by atoms with Crippen LogP contribution < -0.4 is 0 Å². The van der Waals surface area contributed by atoms with Gasteiger partial charge in [-0.2, -0.15) is 0 Å². The maximum atomic E-state index is 12.2. The lowest BCUT2D eigenvalue weighted by Crippen LogP contribution is -2.28. The Hall–Kier alpha value is -2.29. The van der Waals surface area contributed by atoms with E-state index >= 15 is 0 Å². The quantitative estimate of drug-likeness (QED) is 0.481. The maximum Gasteiger partial charge on any atom is 0.189 e. The zero-order chi connectivity index (χ0) is 14.9. The summed E-state index contributed by atoms with van der Waals surface area (Å²) in [6.07, 6.45) is 2.99. The summed E-state index contributed by atoms with van der Waals surface area (Å²) in [5.74, 6) is -1.06. The molecule has 0 aliphatic heterocycles. The SMILES string of the molecule is CC1=C(C(=O)/C=C/c2ccccc2)C(=O)C(C)(C)C1=O. The van der Waals surface area contributed by atoms with Gasteiger partial charge in [-0.3, -0.25) is 14.4 Å². The minimum absolute atomic E-state index is 0.0205. The van der Waals surface area contributed by atoms with Crippen molar-refractivity contribution in [3.8, 4) is 0 Å². The van der Waals surface area contributed by atoms with Gasteiger partial charge in [0.25, 0.3) is 0 Å². The Bertz CT molecular complexity index is 646. The molecule has 1 aliphatic rings.